The second kappa shape index (κ2) is 5.63. The van der Waals surface area contributed by atoms with Crippen molar-refractivity contribution in [3.05, 3.63) is 34.7 Å². The highest BCUT2D eigenvalue weighted by atomic mass is 32.1. The van der Waals surface area contributed by atoms with Crippen molar-refractivity contribution in [2.24, 2.45) is 0 Å². The van der Waals surface area contributed by atoms with Gasteiger partial charge in [-0.1, -0.05) is 0 Å². The quantitative estimate of drug-likeness (QED) is 0.928. The SMILES string of the molecule is CNc1cncc([C@@H]2CCCN2Cc2cncs2)n1. The summed E-state index contributed by atoms with van der Waals surface area (Å²) >= 11 is 1.71. The van der Waals surface area contributed by atoms with E-state index in [4.69, 9.17) is 0 Å². The van der Waals surface area contributed by atoms with Crippen LogP contribution in [0.4, 0.5) is 5.82 Å². The molecule has 6 heteroatoms. The molecule has 19 heavy (non-hydrogen) atoms. The fraction of sp³-hybridized carbons (Fsp3) is 0.462. The van der Waals surface area contributed by atoms with Crippen molar-refractivity contribution in [3.8, 4) is 0 Å². The van der Waals surface area contributed by atoms with E-state index in [0.29, 0.717) is 6.04 Å². The molecule has 1 atom stereocenters. The summed E-state index contributed by atoms with van der Waals surface area (Å²) in [6, 6.07) is 0.378. The topological polar surface area (TPSA) is 53.9 Å². The van der Waals surface area contributed by atoms with Crippen LogP contribution in [-0.2, 0) is 6.54 Å². The number of nitrogens with zero attached hydrogens (tertiary/aromatic N) is 4. The van der Waals surface area contributed by atoms with E-state index in [1.54, 1.807) is 17.5 Å². The Labute approximate surface area is 116 Å². The minimum absolute atomic E-state index is 0.378. The molecule has 1 aliphatic heterocycles. The smallest absolute Gasteiger partial charge is 0.144 e. The number of rotatable bonds is 4. The minimum Gasteiger partial charge on any atom is -0.372 e. The largest absolute Gasteiger partial charge is 0.372 e. The third kappa shape index (κ3) is 2.74. The highest BCUT2D eigenvalue weighted by Crippen LogP contribution is 2.32. The van der Waals surface area contributed by atoms with E-state index in [-0.39, 0.29) is 0 Å². The van der Waals surface area contributed by atoms with Crippen LogP contribution >= 0.6 is 11.3 Å². The molecular weight excluding hydrogens is 258 g/mol. The fourth-order valence-electron chi connectivity index (χ4n) is 2.53. The molecule has 0 aromatic carbocycles. The molecule has 2 aromatic rings. The molecule has 2 aromatic heterocycles. The molecule has 0 unspecified atom stereocenters. The van der Waals surface area contributed by atoms with E-state index < -0.39 is 0 Å². The number of aromatic nitrogens is 3. The Morgan fingerprint density at radius 1 is 1.37 bits per heavy atom. The lowest BCUT2D eigenvalue weighted by Gasteiger charge is -2.23. The van der Waals surface area contributed by atoms with Gasteiger partial charge in [0.1, 0.15) is 5.82 Å². The van der Waals surface area contributed by atoms with Crippen LogP contribution in [0.2, 0.25) is 0 Å². The maximum atomic E-state index is 4.63. The molecule has 3 heterocycles. The zero-order chi connectivity index (χ0) is 13.1. The van der Waals surface area contributed by atoms with Crippen LogP contribution in [0.25, 0.3) is 0 Å². The van der Waals surface area contributed by atoms with Crippen molar-refractivity contribution in [3.63, 3.8) is 0 Å². The van der Waals surface area contributed by atoms with Crippen molar-refractivity contribution >= 4 is 17.2 Å². The molecule has 0 amide bonds. The number of thiazole rings is 1. The summed E-state index contributed by atoms with van der Waals surface area (Å²) in [5.74, 6) is 0.835. The summed E-state index contributed by atoms with van der Waals surface area (Å²) < 4.78 is 0. The summed E-state index contributed by atoms with van der Waals surface area (Å²) in [7, 11) is 1.87. The normalized spacial score (nSPS) is 19.7. The average molecular weight is 275 g/mol. The van der Waals surface area contributed by atoms with E-state index in [1.165, 1.54) is 11.3 Å². The molecule has 0 bridgehead atoms. The van der Waals surface area contributed by atoms with Gasteiger partial charge in [0, 0.05) is 24.7 Å². The van der Waals surface area contributed by atoms with E-state index in [9.17, 15) is 0 Å². The molecule has 3 rings (SSSR count). The van der Waals surface area contributed by atoms with E-state index in [0.717, 1.165) is 31.0 Å². The Morgan fingerprint density at radius 3 is 3.11 bits per heavy atom. The van der Waals surface area contributed by atoms with Gasteiger partial charge in [0.2, 0.25) is 0 Å². The maximum Gasteiger partial charge on any atom is 0.144 e. The zero-order valence-electron chi connectivity index (χ0n) is 10.9. The van der Waals surface area contributed by atoms with Crippen LogP contribution in [0, 0.1) is 0 Å². The lowest BCUT2D eigenvalue weighted by molar-refractivity contribution is 0.246. The average Bonchev–Trinajstić information content (AvgIpc) is 3.11. The molecule has 0 aliphatic carbocycles. The summed E-state index contributed by atoms with van der Waals surface area (Å²) in [5, 5.41) is 3.05. The standard InChI is InChI=1S/C13H17N5S/c1-14-13-7-15-6-11(17-13)12-3-2-4-18(12)8-10-5-16-9-19-10/h5-7,9,12H,2-4,8H2,1H3,(H,14,17)/t12-/m0/s1. The predicted octanol–water partition coefficient (Wildman–Crippen LogP) is 2.31. The first kappa shape index (κ1) is 12.5. The number of anilines is 1. The molecular formula is C13H17N5S. The Balaban J connectivity index is 1.78. The molecule has 1 aliphatic rings. The van der Waals surface area contributed by atoms with Gasteiger partial charge in [-0.3, -0.25) is 14.9 Å². The molecule has 0 saturated carbocycles. The molecule has 5 nitrogen and oxygen atoms in total. The van der Waals surface area contributed by atoms with Crippen LogP contribution in [-0.4, -0.2) is 33.4 Å². The summed E-state index contributed by atoms with van der Waals surface area (Å²) in [6.45, 7) is 2.08. The number of likely N-dealkylation sites (tertiary alicyclic amines) is 1. The number of hydrogen-bond acceptors (Lipinski definition) is 6. The highest BCUT2D eigenvalue weighted by molar-refractivity contribution is 7.09. The second-order valence-electron chi connectivity index (χ2n) is 4.68. The van der Waals surface area contributed by atoms with Crippen LogP contribution in [0.1, 0.15) is 29.5 Å². The van der Waals surface area contributed by atoms with E-state index in [2.05, 4.69) is 25.2 Å². The molecule has 0 radical (unpaired) electrons. The van der Waals surface area contributed by atoms with Gasteiger partial charge < -0.3 is 5.32 Å². The molecule has 1 saturated heterocycles. The molecule has 0 spiro atoms. The Morgan fingerprint density at radius 2 is 2.32 bits per heavy atom. The zero-order valence-corrected chi connectivity index (χ0v) is 11.7. The van der Waals surface area contributed by atoms with Crippen LogP contribution in [0.3, 0.4) is 0 Å². The third-order valence-electron chi connectivity index (χ3n) is 3.46. The second-order valence-corrected chi connectivity index (χ2v) is 5.65. The first-order valence-electron chi connectivity index (χ1n) is 6.48. The lowest BCUT2D eigenvalue weighted by atomic mass is 10.1. The van der Waals surface area contributed by atoms with Gasteiger partial charge in [0.15, 0.2) is 0 Å². The van der Waals surface area contributed by atoms with Crippen molar-refractivity contribution in [2.75, 3.05) is 18.9 Å². The summed E-state index contributed by atoms with van der Waals surface area (Å²) in [6.07, 6.45) is 7.97. The Bertz CT molecular complexity index is 528. The molecule has 1 fully saturated rings. The van der Waals surface area contributed by atoms with Gasteiger partial charge in [-0.05, 0) is 19.4 Å². The highest BCUT2D eigenvalue weighted by Gasteiger charge is 2.27. The third-order valence-corrected chi connectivity index (χ3v) is 4.22. The number of nitrogens with one attached hydrogen (secondary N) is 1. The maximum absolute atomic E-state index is 4.63. The van der Waals surface area contributed by atoms with Crippen LogP contribution in [0.5, 0.6) is 0 Å². The Hall–Kier alpha value is -1.53. The van der Waals surface area contributed by atoms with Crippen LogP contribution in [0.15, 0.2) is 24.1 Å². The van der Waals surface area contributed by atoms with Crippen molar-refractivity contribution in [1.82, 2.24) is 19.9 Å². The first-order chi connectivity index (χ1) is 9.36. The monoisotopic (exact) mass is 275 g/mol. The van der Waals surface area contributed by atoms with Gasteiger partial charge in [0.25, 0.3) is 0 Å². The number of hydrogen-bond donors (Lipinski definition) is 1. The van der Waals surface area contributed by atoms with Gasteiger partial charge in [-0.2, -0.15) is 0 Å². The van der Waals surface area contributed by atoms with E-state index >= 15 is 0 Å². The minimum atomic E-state index is 0.378. The summed E-state index contributed by atoms with van der Waals surface area (Å²) in [5.41, 5.74) is 2.95. The van der Waals surface area contributed by atoms with Crippen molar-refractivity contribution < 1.29 is 0 Å². The summed E-state index contributed by atoms with van der Waals surface area (Å²) in [4.78, 5) is 16.8. The molecule has 1 N–H and O–H groups in total. The van der Waals surface area contributed by atoms with Gasteiger partial charge in [0.05, 0.1) is 29.6 Å². The lowest BCUT2D eigenvalue weighted by Crippen LogP contribution is -2.23. The first-order valence-corrected chi connectivity index (χ1v) is 7.36. The van der Waals surface area contributed by atoms with Crippen molar-refractivity contribution in [2.45, 2.75) is 25.4 Å². The molecule has 100 valence electrons. The van der Waals surface area contributed by atoms with Gasteiger partial charge in [-0.15, -0.1) is 11.3 Å². The fourth-order valence-corrected chi connectivity index (χ4v) is 3.15. The predicted molar refractivity (Wildman–Crippen MR) is 76.1 cm³/mol. The van der Waals surface area contributed by atoms with Gasteiger partial charge in [-0.25, -0.2) is 4.98 Å². The van der Waals surface area contributed by atoms with Gasteiger partial charge >= 0.3 is 0 Å². The Kier molecular flexibility index (Phi) is 3.70. The van der Waals surface area contributed by atoms with E-state index in [1.807, 2.05) is 25.0 Å². The van der Waals surface area contributed by atoms with Crippen molar-refractivity contribution in [1.29, 1.82) is 0 Å². The van der Waals surface area contributed by atoms with Crippen LogP contribution < -0.4 is 5.32 Å².